The lowest BCUT2D eigenvalue weighted by Crippen LogP contribution is -2.63. The van der Waals surface area contributed by atoms with Crippen LogP contribution in [0.1, 0.15) is 26.7 Å². The van der Waals surface area contributed by atoms with Crippen LogP contribution in [-0.2, 0) is 9.59 Å². The minimum Gasteiger partial charge on any atom is -0.477 e. The van der Waals surface area contributed by atoms with Gasteiger partial charge in [-0.1, -0.05) is 12.1 Å². The zero-order valence-electron chi connectivity index (χ0n) is 16.0. The van der Waals surface area contributed by atoms with Crippen LogP contribution in [-0.4, -0.2) is 74.0 Å². The second kappa shape index (κ2) is 8.20. The van der Waals surface area contributed by atoms with Gasteiger partial charge in [-0.25, -0.2) is 9.59 Å². The minimum atomic E-state index is -1.15. The van der Waals surface area contributed by atoms with Crippen molar-refractivity contribution in [3.63, 3.8) is 0 Å². The normalized spacial score (nSPS) is 32.8. The summed E-state index contributed by atoms with van der Waals surface area (Å²) >= 11 is 1.42. The van der Waals surface area contributed by atoms with Gasteiger partial charge in [0.15, 0.2) is 5.84 Å². The highest BCUT2D eigenvalue weighted by atomic mass is 32.2. The van der Waals surface area contributed by atoms with Crippen LogP contribution >= 0.6 is 11.8 Å². The van der Waals surface area contributed by atoms with Gasteiger partial charge in [-0.2, -0.15) is 0 Å². The molecule has 0 spiro atoms. The number of nitrogens with zero attached hydrogens (tertiary/aromatic N) is 2. The summed E-state index contributed by atoms with van der Waals surface area (Å²) in [5.74, 6) is -2.23. The molecule has 0 saturated carbocycles. The molecule has 0 unspecified atom stereocenters. The molecule has 6 atom stereocenters. The van der Waals surface area contributed by atoms with Crippen LogP contribution < -0.4 is 16.4 Å². The summed E-state index contributed by atoms with van der Waals surface area (Å²) in [6.07, 6.45) is 0.0666. The molecule has 3 rings (SSSR count). The van der Waals surface area contributed by atoms with Crippen molar-refractivity contribution in [1.82, 2.24) is 15.5 Å². The number of oxime groups is 1. The Morgan fingerprint density at radius 3 is 2.72 bits per heavy atom. The molecule has 3 aliphatic heterocycles. The molecule has 160 valence electrons. The standard InChI is InChI=1S/C17H25N5O6S/c1-6-12-11(7(2)23)15(24)22(12)13(16(25)26)14(6)29-9-3-8(19-5-9)4-10(21-28)20-17(18)27/h6-9,11-12,19,23,28H,3-5H2,1-2H3,(H,25,26)(H3,18,20,21,27)/t6-,7-,8+,9+,11+,12-/m1/s1. The van der Waals surface area contributed by atoms with Crippen LogP contribution in [0.3, 0.4) is 0 Å². The van der Waals surface area contributed by atoms with Crippen molar-refractivity contribution in [3.05, 3.63) is 10.6 Å². The summed E-state index contributed by atoms with van der Waals surface area (Å²) < 4.78 is 0. The molecule has 11 nitrogen and oxygen atoms in total. The molecular weight excluding hydrogens is 402 g/mol. The fraction of sp³-hybridized carbons (Fsp3) is 0.647. The van der Waals surface area contributed by atoms with Crippen LogP contribution in [0.4, 0.5) is 4.79 Å². The van der Waals surface area contributed by atoms with Crippen LogP contribution in [0.5, 0.6) is 0 Å². The Morgan fingerprint density at radius 2 is 2.17 bits per heavy atom. The Labute approximate surface area is 171 Å². The number of aliphatic carboxylic acids is 1. The van der Waals surface area contributed by atoms with Crippen molar-refractivity contribution < 1.29 is 29.8 Å². The van der Waals surface area contributed by atoms with Gasteiger partial charge in [0.05, 0.1) is 18.1 Å². The quantitative estimate of drug-likeness (QED) is 0.107. The van der Waals surface area contributed by atoms with E-state index < -0.39 is 24.0 Å². The number of hydrogen-bond acceptors (Lipinski definition) is 8. The van der Waals surface area contributed by atoms with Crippen molar-refractivity contribution in [1.29, 1.82) is 0 Å². The van der Waals surface area contributed by atoms with Crippen LogP contribution in [0, 0.1) is 11.8 Å². The molecule has 2 saturated heterocycles. The number of aliphatic hydroxyl groups is 1. The number of carboxylic acids is 1. The zero-order valence-corrected chi connectivity index (χ0v) is 16.8. The topological polar surface area (TPSA) is 178 Å². The second-order valence-corrected chi connectivity index (χ2v) is 8.93. The Balaban J connectivity index is 1.69. The van der Waals surface area contributed by atoms with Gasteiger partial charge in [0.25, 0.3) is 0 Å². The fourth-order valence-corrected chi connectivity index (χ4v) is 5.90. The second-order valence-electron chi connectivity index (χ2n) is 7.59. The first-order valence-electron chi connectivity index (χ1n) is 9.31. The van der Waals surface area contributed by atoms with E-state index in [0.717, 1.165) is 0 Å². The number of nitrogens with one attached hydrogen (secondary N) is 2. The lowest BCUT2D eigenvalue weighted by molar-refractivity contribution is -0.163. The molecule has 12 heteroatoms. The number of amidine groups is 1. The van der Waals surface area contributed by atoms with E-state index in [1.807, 2.05) is 6.92 Å². The predicted molar refractivity (Wildman–Crippen MR) is 104 cm³/mol. The van der Waals surface area contributed by atoms with Gasteiger partial charge in [0, 0.05) is 35.1 Å². The maximum atomic E-state index is 12.4. The molecule has 0 radical (unpaired) electrons. The van der Waals surface area contributed by atoms with Gasteiger partial charge >= 0.3 is 12.0 Å². The number of hydrogen-bond donors (Lipinski definition) is 6. The first-order chi connectivity index (χ1) is 13.6. The highest BCUT2D eigenvalue weighted by molar-refractivity contribution is 8.03. The number of β-lactam (4-membered cyclic amide) rings is 1. The van der Waals surface area contributed by atoms with Crippen molar-refractivity contribution in [2.24, 2.45) is 22.7 Å². The molecule has 7 N–H and O–H groups in total. The summed E-state index contributed by atoms with van der Waals surface area (Å²) in [6.45, 7) is 4.02. The van der Waals surface area contributed by atoms with Gasteiger partial charge in [0.1, 0.15) is 5.70 Å². The molecule has 2 fully saturated rings. The van der Waals surface area contributed by atoms with Crippen LogP contribution in [0.2, 0.25) is 0 Å². The molecular formula is C17H25N5O6S. The first kappa shape index (κ1) is 21.4. The highest BCUT2D eigenvalue weighted by Crippen LogP contribution is 2.51. The summed E-state index contributed by atoms with van der Waals surface area (Å²) in [4.78, 5) is 37.1. The Bertz CT molecular complexity index is 784. The lowest BCUT2D eigenvalue weighted by Gasteiger charge is -2.46. The number of carboxylic acid groups (broad SMARTS) is 1. The van der Waals surface area contributed by atoms with Crippen molar-refractivity contribution >= 4 is 35.5 Å². The average molecular weight is 427 g/mol. The van der Waals surface area contributed by atoms with Gasteiger partial charge in [-0.3, -0.25) is 10.1 Å². The number of rotatable bonds is 6. The summed E-state index contributed by atoms with van der Waals surface area (Å²) in [5.41, 5.74) is 5.04. The minimum absolute atomic E-state index is 0.00542. The predicted octanol–water partition coefficient (Wildman–Crippen LogP) is -0.550. The third-order valence-corrected chi connectivity index (χ3v) is 7.13. The van der Waals surface area contributed by atoms with Gasteiger partial charge in [-0.15, -0.1) is 11.8 Å². The number of fused-ring (bicyclic) bond motifs is 1. The van der Waals surface area contributed by atoms with Crippen LogP contribution in [0.15, 0.2) is 15.8 Å². The average Bonchev–Trinajstić information content (AvgIpc) is 3.15. The van der Waals surface area contributed by atoms with Crippen LogP contribution in [0.25, 0.3) is 0 Å². The number of carbonyl (C=O) groups excluding carboxylic acids is 2. The van der Waals surface area contributed by atoms with Crippen molar-refractivity contribution in [3.8, 4) is 0 Å². The van der Waals surface area contributed by atoms with Crippen molar-refractivity contribution in [2.75, 3.05) is 6.54 Å². The highest BCUT2D eigenvalue weighted by Gasteiger charge is 2.60. The molecule has 3 heterocycles. The lowest BCUT2D eigenvalue weighted by atomic mass is 9.79. The van der Waals surface area contributed by atoms with Gasteiger partial charge < -0.3 is 31.4 Å². The largest absolute Gasteiger partial charge is 0.477 e. The third kappa shape index (κ3) is 3.91. The molecule has 0 aromatic carbocycles. The number of thioether (sulfide) groups is 1. The molecule has 3 amide bonds. The van der Waals surface area contributed by atoms with E-state index in [2.05, 4.69) is 15.8 Å². The molecule has 0 bridgehead atoms. The van der Waals surface area contributed by atoms with Crippen molar-refractivity contribution in [2.45, 2.75) is 50.1 Å². The number of primary amides is 1. The van der Waals surface area contributed by atoms with Gasteiger partial charge in [0.2, 0.25) is 5.91 Å². The van der Waals surface area contributed by atoms with E-state index in [-0.39, 0.29) is 47.1 Å². The smallest absolute Gasteiger partial charge is 0.353 e. The van der Waals surface area contributed by atoms with E-state index in [0.29, 0.717) is 17.9 Å². The number of amides is 3. The van der Waals surface area contributed by atoms with E-state index in [4.69, 9.17) is 10.9 Å². The summed E-state index contributed by atoms with van der Waals surface area (Å²) in [7, 11) is 0. The molecule has 29 heavy (non-hydrogen) atoms. The number of carbonyl (C=O) groups is 3. The van der Waals surface area contributed by atoms with E-state index >= 15 is 0 Å². The summed E-state index contributed by atoms with van der Waals surface area (Å²) in [5, 5.41) is 37.1. The number of urea groups is 1. The maximum Gasteiger partial charge on any atom is 0.353 e. The molecule has 0 aromatic rings. The first-order valence-corrected chi connectivity index (χ1v) is 10.2. The Hall–Kier alpha value is -2.31. The van der Waals surface area contributed by atoms with Gasteiger partial charge in [-0.05, 0) is 13.3 Å². The third-order valence-electron chi connectivity index (χ3n) is 5.61. The SMILES string of the molecule is C[C@@H](O)[C@@H]1C(=O)N2C(C(=O)O)=C(S[C@@H]3CN[C@H](C/C(=N/O)NC(N)=O)C3)[C@H](C)[C@H]12. The Kier molecular flexibility index (Phi) is 6.05. The number of nitrogens with two attached hydrogens (primary N) is 1. The number of aliphatic hydroxyl groups excluding tert-OH is 1. The zero-order chi connectivity index (χ0) is 21.5. The van der Waals surface area contributed by atoms with E-state index in [9.17, 15) is 24.6 Å². The van der Waals surface area contributed by atoms with E-state index in [1.165, 1.54) is 16.7 Å². The maximum absolute atomic E-state index is 12.4. The van der Waals surface area contributed by atoms with E-state index in [1.54, 1.807) is 6.92 Å². The Morgan fingerprint density at radius 1 is 1.48 bits per heavy atom. The molecule has 0 aromatic heterocycles. The summed E-state index contributed by atoms with van der Waals surface area (Å²) in [6, 6.07) is -1.24. The molecule has 0 aliphatic carbocycles. The fourth-order valence-electron chi connectivity index (χ4n) is 4.38. The molecule has 3 aliphatic rings. The monoisotopic (exact) mass is 427 g/mol.